The highest BCUT2D eigenvalue weighted by atomic mass is 32.2. The first-order chi connectivity index (χ1) is 10.3. The van der Waals surface area contributed by atoms with Crippen molar-refractivity contribution >= 4 is 21.6 Å². The minimum Gasteiger partial charge on any atom is -0.355 e. The Kier molecular flexibility index (Phi) is 4.41. The Bertz CT molecular complexity index is 823. The summed E-state index contributed by atoms with van der Waals surface area (Å²) in [5, 5.41) is 2.37. The SMILES string of the molecule is CNC(=O)c1ccccc1NS(=O)(=O)c1ccc(F)cc1F. The van der Waals surface area contributed by atoms with Gasteiger partial charge in [-0.3, -0.25) is 9.52 Å². The van der Waals surface area contributed by atoms with Gasteiger partial charge in [-0.2, -0.15) is 0 Å². The van der Waals surface area contributed by atoms with Gasteiger partial charge in [0, 0.05) is 13.1 Å². The quantitative estimate of drug-likeness (QED) is 0.904. The molecule has 2 aromatic rings. The Morgan fingerprint density at radius 2 is 1.77 bits per heavy atom. The maximum atomic E-state index is 13.6. The molecule has 2 aromatic carbocycles. The average Bonchev–Trinajstić information content (AvgIpc) is 2.46. The summed E-state index contributed by atoms with van der Waals surface area (Å²) >= 11 is 0. The van der Waals surface area contributed by atoms with Gasteiger partial charge in [-0.05, 0) is 24.3 Å². The van der Waals surface area contributed by atoms with Crippen molar-refractivity contribution in [2.75, 3.05) is 11.8 Å². The molecule has 2 N–H and O–H groups in total. The summed E-state index contributed by atoms with van der Waals surface area (Å²) in [7, 11) is -2.90. The highest BCUT2D eigenvalue weighted by Crippen LogP contribution is 2.22. The standard InChI is InChI=1S/C14H12F2N2O3S/c1-17-14(19)10-4-2-3-5-12(10)18-22(20,21)13-7-6-9(15)8-11(13)16/h2-8,18H,1H3,(H,17,19). The average molecular weight is 326 g/mol. The molecule has 0 aliphatic carbocycles. The zero-order valence-corrected chi connectivity index (χ0v) is 12.2. The van der Waals surface area contributed by atoms with Crippen molar-refractivity contribution in [3.8, 4) is 0 Å². The third kappa shape index (κ3) is 3.22. The first-order valence-electron chi connectivity index (χ1n) is 6.14. The summed E-state index contributed by atoms with van der Waals surface area (Å²) < 4.78 is 53.0. The van der Waals surface area contributed by atoms with Crippen LogP contribution in [0, 0.1) is 11.6 Å². The lowest BCUT2D eigenvalue weighted by atomic mass is 10.2. The highest BCUT2D eigenvalue weighted by molar-refractivity contribution is 7.92. The van der Waals surface area contributed by atoms with Gasteiger partial charge >= 0.3 is 0 Å². The number of nitrogens with one attached hydrogen (secondary N) is 2. The van der Waals surface area contributed by atoms with Crippen LogP contribution in [0.1, 0.15) is 10.4 Å². The van der Waals surface area contributed by atoms with Crippen molar-refractivity contribution in [3.63, 3.8) is 0 Å². The molecule has 22 heavy (non-hydrogen) atoms. The molecule has 0 spiro atoms. The van der Waals surface area contributed by atoms with E-state index in [1.165, 1.54) is 25.2 Å². The van der Waals surface area contributed by atoms with Crippen LogP contribution in [0.15, 0.2) is 47.4 Å². The van der Waals surface area contributed by atoms with Gasteiger partial charge in [0.05, 0.1) is 11.3 Å². The van der Waals surface area contributed by atoms with Crippen LogP contribution in [-0.4, -0.2) is 21.4 Å². The van der Waals surface area contributed by atoms with Crippen molar-refractivity contribution in [2.24, 2.45) is 0 Å². The number of anilines is 1. The van der Waals surface area contributed by atoms with Gasteiger partial charge in [0.25, 0.3) is 15.9 Å². The van der Waals surface area contributed by atoms with Crippen molar-refractivity contribution in [1.29, 1.82) is 0 Å². The summed E-state index contributed by atoms with van der Waals surface area (Å²) in [4.78, 5) is 11.0. The molecule has 1 amide bonds. The summed E-state index contributed by atoms with van der Waals surface area (Å²) in [6, 6.07) is 7.98. The highest BCUT2D eigenvalue weighted by Gasteiger charge is 2.21. The monoisotopic (exact) mass is 326 g/mol. The predicted molar refractivity (Wildman–Crippen MR) is 77.0 cm³/mol. The van der Waals surface area contributed by atoms with Crippen LogP contribution in [-0.2, 0) is 10.0 Å². The number of halogens is 2. The molecule has 0 saturated heterocycles. The lowest BCUT2D eigenvalue weighted by Gasteiger charge is -2.12. The minimum absolute atomic E-state index is 0.00873. The zero-order valence-electron chi connectivity index (χ0n) is 11.4. The Labute approximate surface area is 126 Å². The van der Waals surface area contributed by atoms with Crippen molar-refractivity contribution in [2.45, 2.75) is 4.90 Å². The molecule has 0 atom stereocenters. The topological polar surface area (TPSA) is 75.3 Å². The summed E-state index contributed by atoms with van der Waals surface area (Å²) in [6.07, 6.45) is 0. The summed E-state index contributed by atoms with van der Waals surface area (Å²) in [6.45, 7) is 0. The first kappa shape index (κ1) is 15.9. The fraction of sp³-hybridized carbons (Fsp3) is 0.0714. The maximum Gasteiger partial charge on any atom is 0.264 e. The fourth-order valence-electron chi connectivity index (χ4n) is 1.80. The van der Waals surface area contributed by atoms with Crippen LogP contribution < -0.4 is 10.0 Å². The molecule has 0 aromatic heterocycles. The van der Waals surface area contributed by atoms with E-state index in [9.17, 15) is 22.0 Å². The van der Waals surface area contributed by atoms with Crippen molar-refractivity contribution in [3.05, 3.63) is 59.7 Å². The third-order valence-corrected chi connectivity index (χ3v) is 4.23. The van der Waals surface area contributed by atoms with Crippen LogP contribution in [0.25, 0.3) is 0 Å². The molecule has 0 fully saturated rings. The van der Waals surface area contributed by atoms with Gasteiger partial charge in [0.15, 0.2) is 0 Å². The number of carbonyl (C=O) groups excluding carboxylic acids is 1. The fourth-order valence-corrected chi connectivity index (χ4v) is 2.94. The number of sulfonamides is 1. The van der Waals surface area contributed by atoms with Crippen molar-refractivity contribution < 1.29 is 22.0 Å². The Hall–Kier alpha value is -2.48. The van der Waals surface area contributed by atoms with Gasteiger partial charge in [-0.25, -0.2) is 17.2 Å². The van der Waals surface area contributed by atoms with Crippen LogP contribution >= 0.6 is 0 Å². The van der Waals surface area contributed by atoms with E-state index in [1.54, 1.807) is 6.07 Å². The number of benzene rings is 2. The zero-order chi connectivity index (χ0) is 16.3. The molecular weight excluding hydrogens is 314 g/mol. The Balaban J connectivity index is 2.44. The molecule has 0 unspecified atom stereocenters. The molecule has 0 aliphatic heterocycles. The number of hydrogen-bond acceptors (Lipinski definition) is 3. The van der Waals surface area contributed by atoms with Gasteiger partial charge in [-0.15, -0.1) is 0 Å². The van der Waals surface area contributed by atoms with Crippen LogP contribution in [0.4, 0.5) is 14.5 Å². The Morgan fingerprint density at radius 3 is 2.41 bits per heavy atom. The smallest absolute Gasteiger partial charge is 0.264 e. The number of amides is 1. The minimum atomic E-state index is -4.30. The van der Waals surface area contributed by atoms with Gasteiger partial charge in [0.2, 0.25) is 0 Å². The molecular formula is C14H12F2N2O3S. The predicted octanol–water partition coefficient (Wildman–Crippen LogP) is 2.13. The lowest BCUT2D eigenvalue weighted by Crippen LogP contribution is -2.22. The second-order valence-corrected chi connectivity index (χ2v) is 5.96. The number of carbonyl (C=O) groups is 1. The van der Waals surface area contributed by atoms with Gasteiger partial charge < -0.3 is 5.32 Å². The summed E-state index contributed by atoms with van der Waals surface area (Å²) in [5.41, 5.74) is 0.0710. The van der Waals surface area contributed by atoms with Crippen LogP contribution in [0.5, 0.6) is 0 Å². The molecule has 0 aliphatic rings. The van der Waals surface area contributed by atoms with E-state index in [0.29, 0.717) is 6.07 Å². The van der Waals surface area contributed by atoms with Crippen LogP contribution in [0.3, 0.4) is 0 Å². The molecule has 116 valence electrons. The van der Waals surface area contributed by atoms with E-state index in [-0.39, 0.29) is 11.3 Å². The van der Waals surface area contributed by atoms with E-state index in [0.717, 1.165) is 12.1 Å². The molecule has 0 radical (unpaired) electrons. The van der Waals surface area contributed by atoms with E-state index >= 15 is 0 Å². The molecule has 0 saturated carbocycles. The second kappa shape index (κ2) is 6.10. The van der Waals surface area contributed by atoms with Crippen molar-refractivity contribution in [1.82, 2.24) is 5.32 Å². The Morgan fingerprint density at radius 1 is 1.09 bits per heavy atom. The maximum absolute atomic E-state index is 13.6. The van der Waals surface area contributed by atoms with Gasteiger partial charge in [0.1, 0.15) is 16.5 Å². The van der Waals surface area contributed by atoms with E-state index in [1.807, 2.05) is 0 Å². The molecule has 0 heterocycles. The summed E-state index contributed by atoms with van der Waals surface area (Å²) in [5.74, 6) is -2.61. The largest absolute Gasteiger partial charge is 0.355 e. The molecule has 2 rings (SSSR count). The molecule has 8 heteroatoms. The number of hydrogen-bond donors (Lipinski definition) is 2. The van der Waals surface area contributed by atoms with E-state index in [4.69, 9.17) is 0 Å². The number of para-hydroxylation sites is 1. The number of rotatable bonds is 4. The second-order valence-electron chi connectivity index (χ2n) is 4.30. The first-order valence-corrected chi connectivity index (χ1v) is 7.62. The van der Waals surface area contributed by atoms with Crippen LogP contribution in [0.2, 0.25) is 0 Å². The lowest BCUT2D eigenvalue weighted by molar-refractivity contribution is 0.0964. The molecule has 0 bridgehead atoms. The van der Waals surface area contributed by atoms with E-state index in [2.05, 4.69) is 10.0 Å². The third-order valence-electron chi connectivity index (χ3n) is 2.83. The normalized spacial score (nSPS) is 11.0. The van der Waals surface area contributed by atoms with E-state index < -0.39 is 32.5 Å². The van der Waals surface area contributed by atoms with Gasteiger partial charge in [-0.1, -0.05) is 12.1 Å². The molecule has 5 nitrogen and oxygen atoms in total.